The third kappa shape index (κ3) is 6.37. The molecule has 0 unspecified atom stereocenters. The summed E-state index contributed by atoms with van der Waals surface area (Å²) in [5.41, 5.74) is 2.07. The number of hydrogen-bond donors (Lipinski definition) is 2. The number of amides is 3. The van der Waals surface area contributed by atoms with Gasteiger partial charge in [0.25, 0.3) is 0 Å². The quantitative estimate of drug-likeness (QED) is 0.707. The molecule has 0 bridgehead atoms. The summed E-state index contributed by atoms with van der Waals surface area (Å²) in [5.74, 6) is 0.804. The topological polar surface area (TPSA) is 73.9 Å². The van der Waals surface area contributed by atoms with Gasteiger partial charge in [0.15, 0.2) is 0 Å². The van der Waals surface area contributed by atoms with E-state index in [0.717, 1.165) is 36.5 Å². The molecule has 0 saturated carbocycles. The van der Waals surface area contributed by atoms with Crippen LogP contribution in [0.25, 0.3) is 0 Å². The number of hydrogen-bond acceptors (Lipinski definition) is 4. The number of benzene rings is 2. The lowest BCUT2D eigenvalue weighted by Gasteiger charge is -2.35. The molecule has 3 rings (SSSR count). The monoisotopic (exact) mass is 430 g/mol. The molecule has 0 spiro atoms. The summed E-state index contributed by atoms with van der Waals surface area (Å²) in [6.45, 7) is 4.00. The van der Waals surface area contributed by atoms with Gasteiger partial charge >= 0.3 is 6.03 Å². The predicted molar refractivity (Wildman–Crippen MR) is 117 cm³/mol. The fraction of sp³-hybridized carbons (Fsp3) is 0.364. The van der Waals surface area contributed by atoms with Crippen molar-refractivity contribution in [2.24, 2.45) is 0 Å². The first-order valence-electron chi connectivity index (χ1n) is 9.93. The summed E-state index contributed by atoms with van der Waals surface area (Å²) in [6, 6.07) is 14.8. The third-order valence-electron chi connectivity index (χ3n) is 5.08. The molecule has 0 radical (unpaired) electrons. The number of nitrogens with one attached hydrogen (secondary N) is 2. The van der Waals surface area contributed by atoms with Crippen LogP contribution in [-0.4, -0.2) is 61.6 Å². The van der Waals surface area contributed by atoms with Gasteiger partial charge in [0, 0.05) is 49.9 Å². The van der Waals surface area contributed by atoms with Gasteiger partial charge in [-0.2, -0.15) is 0 Å². The molecule has 7 nitrogen and oxygen atoms in total. The van der Waals surface area contributed by atoms with E-state index in [4.69, 9.17) is 16.3 Å². The zero-order valence-corrected chi connectivity index (χ0v) is 17.8. The number of halogens is 1. The predicted octanol–water partition coefficient (Wildman–Crippen LogP) is 2.49. The minimum Gasteiger partial charge on any atom is -0.496 e. The highest BCUT2D eigenvalue weighted by Gasteiger charge is 2.22. The molecule has 0 aromatic heterocycles. The van der Waals surface area contributed by atoms with Crippen LogP contribution in [0.1, 0.15) is 11.1 Å². The van der Waals surface area contributed by atoms with Gasteiger partial charge in [0.1, 0.15) is 5.75 Å². The van der Waals surface area contributed by atoms with Crippen LogP contribution in [0.2, 0.25) is 5.02 Å². The molecule has 0 aliphatic carbocycles. The van der Waals surface area contributed by atoms with Crippen LogP contribution in [0.5, 0.6) is 5.75 Å². The summed E-state index contributed by atoms with van der Waals surface area (Å²) in [6.07, 6.45) is 0. The highest BCUT2D eigenvalue weighted by molar-refractivity contribution is 6.30. The maximum atomic E-state index is 12.4. The van der Waals surface area contributed by atoms with Crippen LogP contribution in [-0.2, 0) is 17.9 Å². The van der Waals surface area contributed by atoms with Crippen molar-refractivity contribution in [3.63, 3.8) is 0 Å². The van der Waals surface area contributed by atoms with Crippen LogP contribution >= 0.6 is 11.6 Å². The van der Waals surface area contributed by atoms with Crippen molar-refractivity contribution in [2.75, 3.05) is 39.8 Å². The van der Waals surface area contributed by atoms with Gasteiger partial charge in [-0.05, 0) is 23.8 Å². The largest absolute Gasteiger partial charge is 0.496 e. The van der Waals surface area contributed by atoms with E-state index in [1.54, 1.807) is 24.1 Å². The summed E-state index contributed by atoms with van der Waals surface area (Å²) in [7, 11) is 1.67. The maximum Gasteiger partial charge on any atom is 0.315 e. The van der Waals surface area contributed by atoms with E-state index < -0.39 is 0 Å². The average Bonchev–Trinajstić information content (AvgIpc) is 2.78. The van der Waals surface area contributed by atoms with Crippen LogP contribution < -0.4 is 15.4 Å². The minimum atomic E-state index is -0.367. The smallest absolute Gasteiger partial charge is 0.315 e. The average molecular weight is 431 g/mol. The zero-order valence-electron chi connectivity index (χ0n) is 17.1. The van der Waals surface area contributed by atoms with Crippen LogP contribution in [0.15, 0.2) is 48.5 Å². The molecule has 0 atom stereocenters. The SMILES string of the molecule is COc1ccccc1CN1CCN(C(=O)CNC(=O)NCc2ccc(Cl)cc2)CC1. The van der Waals surface area contributed by atoms with E-state index in [1.807, 2.05) is 30.3 Å². The molecule has 2 aromatic rings. The molecule has 2 N–H and O–H groups in total. The van der Waals surface area contributed by atoms with Gasteiger partial charge in [-0.3, -0.25) is 9.69 Å². The lowest BCUT2D eigenvalue weighted by atomic mass is 10.1. The first-order valence-corrected chi connectivity index (χ1v) is 10.3. The summed E-state index contributed by atoms with van der Waals surface area (Å²) >= 11 is 5.85. The zero-order chi connectivity index (χ0) is 21.3. The molecule has 1 saturated heterocycles. The van der Waals surface area contributed by atoms with Crippen molar-refractivity contribution in [3.05, 3.63) is 64.7 Å². The Morgan fingerprint density at radius 2 is 1.70 bits per heavy atom. The first kappa shape index (κ1) is 21.9. The summed E-state index contributed by atoms with van der Waals surface area (Å²) < 4.78 is 5.41. The normalized spacial score (nSPS) is 14.3. The standard InChI is InChI=1S/C22H27ClN4O3/c1-30-20-5-3-2-4-18(20)16-26-10-12-27(13-11-26)21(28)15-25-22(29)24-14-17-6-8-19(23)9-7-17/h2-9H,10-16H2,1H3,(H2,24,25,29). The van der Waals surface area contributed by atoms with E-state index in [1.165, 1.54) is 0 Å². The third-order valence-corrected chi connectivity index (χ3v) is 5.33. The molecule has 2 aromatic carbocycles. The Morgan fingerprint density at radius 3 is 2.40 bits per heavy atom. The number of carbonyl (C=O) groups is 2. The molecule has 8 heteroatoms. The second-order valence-corrected chi connectivity index (χ2v) is 7.57. The fourth-order valence-electron chi connectivity index (χ4n) is 3.34. The van der Waals surface area contributed by atoms with Crippen LogP contribution in [0.4, 0.5) is 4.79 Å². The number of nitrogens with zero attached hydrogens (tertiary/aromatic N) is 2. The fourth-order valence-corrected chi connectivity index (χ4v) is 3.47. The first-order chi connectivity index (χ1) is 14.5. The van der Waals surface area contributed by atoms with Crippen molar-refractivity contribution in [1.29, 1.82) is 0 Å². The van der Waals surface area contributed by atoms with Gasteiger partial charge in [-0.25, -0.2) is 4.79 Å². The molecule has 1 heterocycles. The molecule has 30 heavy (non-hydrogen) atoms. The molecule has 1 aliphatic heterocycles. The lowest BCUT2D eigenvalue weighted by molar-refractivity contribution is -0.131. The van der Waals surface area contributed by atoms with Crippen molar-refractivity contribution in [3.8, 4) is 5.75 Å². The summed E-state index contributed by atoms with van der Waals surface area (Å²) in [4.78, 5) is 28.4. The highest BCUT2D eigenvalue weighted by Crippen LogP contribution is 2.20. The number of ether oxygens (including phenoxy) is 1. The Bertz CT molecular complexity index is 852. The molecule has 1 aliphatic rings. The van der Waals surface area contributed by atoms with Gasteiger partial charge < -0.3 is 20.3 Å². The molecule has 1 fully saturated rings. The highest BCUT2D eigenvalue weighted by atomic mass is 35.5. The second kappa shape index (κ2) is 10.8. The second-order valence-electron chi connectivity index (χ2n) is 7.13. The molecular weight excluding hydrogens is 404 g/mol. The molecule has 160 valence electrons. The number of carbonyl (C=O) groups excluding carboxylic acids is 2. The summed E-state index contributed by atoms with van der Waals surface area (Å²) in [5, 5.41) is 6.02. The number of piperazine rings is 1. The van der Waals surface area contributed by atoms with Gasteiger partial charge in [0.05, 0.1) is 13.7 Å². The Morgan fingerprint density at radius 1 is 1.00 bits per heavy atom. The Labute approximate surface area is 181 Å². The van der Waals surface area contributed by atoms with Gasteiger partial charge in [-0.15, -0.1) is 0 Å². The van der Waals surface area contributed by atoms with Crippen molar-refractivity contribution in [2.45, 2.75) is 13.1 Å². The lowest BCUT2D eigenvalue weighted by Crippen LogP contribution is -2.51. The Kier molecular flexibility index (Phi) is 7.93. The van der Waals surface area contributed by atoms with Gasteiger partial charge in [-0.1, -0.05) is 41.9 Å². The Balaban J connectivity index is 1.36. The van der Waals surface area contributed by atoms with E-state index in [-0.39, 0.29) is 18.5 Å². The Hall–Kier alpha value is -2.77. The number of urea groups is 1. The van der Waals surface area contributed by atoms with E-state index in [2.05, 4.69) is 21.6 Å². The maximum absolute atomic E-state index is 12.4. The van der Waals surface area contributed by atoms with E-state index in [0.29, 0.717) is 24.7 Å². The van der Waals surface area contributed by atoms with Crippen molar-refractivity contribution in [1.82, 2.24) is 20.4 Å². The number of rotatable bonds is 7. The molecule has 3 amide bonds. The van der Waals surface area contributed by atoms with Crippen LogP contribution in [0, 0.1) is 0 Å². The number of methoxy groups -OCH3 is 1. The van der Waals surface area contributed by atoms with Crippen molar-refractivity contribution < 1.29 is 14.3 Å². The molecular formula is C22H27ClN4O3. The van der Waals surface area contributed by atoms with Crippen molar-refractivity contribution >= 4 is 23.5 Å². The minimum absolute atomic E-state index is 0.0149. The van der Waals surface area contributed by atoms with Crippen LogP contribution in [0.3, 0.4) is 0 Å². The van der Waals surface area contributed by atoms with E-state index >= 15 is 0 Å². The van der Waals surface area contributed by atoms with Gasteiger partial charge in [0.2, 0.25) is 5.91 Å². The number of para-hydroxylation sites is 1. The van der Waals surface area contributed by atoms with E-state index in [9.17, 15) is 9.59 Å².